The first-order valence-electron chi connectivity index (χ1n) is 3.61. The maximum Gasteiger partial charge on any atom is 0.168 e. The van der Waals surface area contributed by atoms with E-state index in [0.717, 1.165) is 6.07 Å². The highest BCUT2D eigenvalue weighted by Crippen LogP contribution is 2.26. The molecule has 4 nitrogen and oxygen atoms in total. The van der Waals surface area contributed by atoms with E-state index in [0.29, 0.717) is 5.56 Å². The third kappa shape index (κ3) is 2.07. The number of benzene rings is 1. The van der Waals surface area contributed by atoms with Crippen LogP contribution in [0.5, 0.6) is 11.5 Å². The van der Waals surface area contributed by atoms with Crippen LogP contribution in [0.15, 0.2) is 12.1 Å². The number of hydrogen-bond donors (Lipinski definition) is 3. The van der Waals surface area contributed by atoms with Gasteiger partial charge in [-0.05, 0) is 6.07 Å². The second-order valence-electron chi connectivity index (χ2n) is 2.45. The number of hydrogen-bond acceptors (Lipinski definition) is 4. The lowest BCUT2D eigenvalue weighted by Crippen LogP contribution is -2.06. The van der Waals surface area contributed by atoms with Gasteiger partial charge >= 0.3 is 0 Å². The summed E-state index contributed by atoms with van der Waals surface area (Å²) >= 11 is 0. The number of phenolic OH excluding ortho intramolecular Hbond substituents is 1. The van der Waals surface area contributed by atoms with E-state index in [2.05, 4.69) is 0 Å². The Hall–Kier alpha value is -1.33. The molecule has 72 valence electrons. The van der Waals surface area contributed by atoms with Gasteiger partial charge in [0.25, 0.3) is 0 Å². The molecule has 0 radical (unpaired) electrons. The number of rotatable bonds is 3. The van der Waals surface area contributed by atoms with E-state index in [1.807, 2.05) is 5.48 Å². The lowest BCUT2D eigenvalue weighted by molar-refractivity contribution is 0.160. The normalized spacial score (nSPS) is 10.1. The molecular formula is C8H10FNO3. The fraction of sp³-hybridized carbons (Fsp3) is 0.250. The minimum Gasteiger partial charge on any atom is -0.508 e. The number of phenols is 1. The SMILES string of the molecule is COc1cc(CNO)c(O)cc1F. The predicted molar refractivity (Wildman–Crippen MR) is 43.2 cm³/mol. The van der Waals surface area contributed by atoms with Crippen molar-refractivity contribution in [2.75, 3.05) is 7.11 Å². The van der Waals surface area contributed by atoms with Crippen LogP contribution in [0, 0.1) is 5.82 Å². The Labute approximate surface area is 74.5 Å². The van der Waals surface area contributed by atoms with Crippen LogP contribution < -0.4 is 10.2 Å². The number of aromatic hydroxyl groups is 1. The summed E-state index contributed by atoms with van der Waals surface area (Å²) in [4.78, 5) is 0. The van der Waals surface area contributed by atoms with E-state index in [-0.39, 0.29) is 18.0 Å². The quantitative estimate of drug-likeness (QED) is 0.618. The molecule has 0 aliphatic carbocycles. The van der Waals surface area contributed by atoms with E-state index >= 15 is 0 Å². The molecule has 0 spiro atoms. The van der Waals surface area contributed by atoms with E-state index in [1.54, 1.807) is 0 Å². The van der Waals surface area contributed by atoms with Crippen molar-refractivity contribution < 1.29 is 19.4 Å². The molecular weight excluding hydrogens is 177 g/mol. The largest absolute Gasteiger partial charge is 0.508 e. The third-order valence-corrected chi connectivity index (χ3v) is 1.62. The van der Waals surface area contributed by atoms with Gasteiger partial charge in [0.1, 0.15) is 5.75 Å². The van der Waals surface area contributed by atoms with Gasteiger partial charge in [0, 0.05) is 18.2 Å². The minimum absolute atomic E-state index is 0.0302. The number of nitrogens with one attached hydrogen (secondary N) is 1. The van der Waals surface area contributed by atoms with Crippen LogP contribution in [-0.2, 0) is 6.54 Å². The summed E-state index contributed by atoms with van der Waals surface area (Å²) in [6, 6.07) is 2.25. The summed E-state index contributed by atoms with van der Waals surface area (Å²) in [6.07, 6.45) is 0. The van der Waals surface area contributed by atoms with Crippen molar-refractivity contribution in [1.29, 1.82) is 0 Å². The first-order valence-corrected chi connectivity index (χ1v) is 3.61. The first-order chi connectivity index (χ1) is 6.19. The number of halogens is 1. The van der Waals surface area contributed by atoms with Gasteiger partial charge in [-0.15, -0.1) is 0 Å². The molecule has 13 heavy (non-hydrogen) atoms. The summed E-state index contributed by atoms with van der Waals surface area (Å²) in [5, 5.41) is 17.6. The average molecular weight is 187 g/mol. The molecule has 0 heterocycles. The molecule has 0 aromatic heterocycles. The molecule has 3 N–H and O–H groups in total. The van der Waals surface area contributed by atoms with E-state index in [9.17, 15) is 9.50 Å². The first kappa shape index (κ1) is 9.76. The molecule has 0 amide bonds. The molecule has 1 aromatic rings. The van der Waals surface area contributed by atoms with Gasteiger partial charge in [0.2, 0.25) is 0 Å². The Morgan fingerprint density at radius 1 is 1.54 bits per heavy atom. The summed E-state index contributed by atoms with van der Waals surface area (Å²) in [7, 11) is 1.33. The van der Waals surface area contributed by atoms with Crippen LogP contribution in [0.3, 0.4) is 0 Å². The van der Waals surface area contributed by atoms with Gasteiger partial charge in [-0.25, -0.2) is 9.87 Å². The summed E-state index contributed by atoms with van der Waals surface area (Å²) in [5.41, 5.74) is 2.22. The van der Waals surface area contributed by atoms with Crippen molar-refractivity contribution >= 4 is 0 Å². The lowest BCUT2D eigenvalue weighted by Gasteiger charge is -2.07. The van der Waals surface area contributed by atoms with Crippen molar-refractivity contribution in [1.82, 2.24) is 5.48 Å². The standard InChI is InChI=1S/C8H10FNO3/c1-13-8-2-5(4-10-12)7(11)3-6(8)9/h2-3,10-12H,4H2,1H3. The zero-order valence-corrected chi connectivity index (χ0v) is 7.04. The van der Waals surface area contributed by atoms with E-state index in [4.69, 9.17) is 9.94 Å². The Balaban J connectivity index is 3.06. The minimum atomic E-state index is -0.637. The van der Waals surface area contributed by atoms with Gasteiger partial charge in [-0.1, -0.05) is 0 Å². The Morgan fingerprint density at radius 3 is 2.77 bits per heavy atom. The van der Waals surface area contributed by atoms with Gasteiger partial charge in [0.15, 0.2) is 11.6 Å². The highest BCUT2D eigenvalue weighted by Gasteiger charge is 2.08. The molecule has 0 aliphatic heterocycles. The smallest absolute Gasteiger partial charge is 0.168 e. The summed E-state index contributed by atoms with van der Waals surface area (Å²) < 4.78 is 17.6. The lowest BCUT2D eigenvalue weighted by atomic mass is 10.2. The van der Waals surface area contributed by atoms with E-state index in [1.165, 1.54) is 13.2 Å². The fourth-order valence-corrected chi connectivity index (χ4v) is 0.968. The predicted octanol–water partition coefficient (Wildman–Crippen LogP) is 1.02. The molecule has 0 aliphatic rings. The van der Waals surface area contributed by atoms with Crippen LogP contribution in [0.25, 0.3) is 0 Å². The van der Waals surface area contributed by atoms with Crippen molar-refractivity contribution in [3.8, 4) is 11.5 Å². The van der Waals surface area contributed by atoms with Crippen LogP contribution in [0.2, 0.25) is 0 Å². The van der Waals surface area contributed by atoms with Crippen LogP contribution in [0.4, 0.5) is 4.39 Å². The maximum absolute atomic E-state index is 12.9. The second-order valence-corrected chi connectivity index (χ2v) is 2.45. The number of methoxy groups -OCH3 is 1. The van der Waals surface area contributed by atoms with Gasteiger partial charge in [-0.2, -0.15) is 0 Å². The highest BCUT2D eigenvalue weighted by molar-refractivity contribution is 5.40. The van der Waals surface area contributed by atoms with Crippen molar-refractivity contribution in [2.24, 2.45) is 0 Å². The monoisotopic (exact) mass is 187 g/mol. The summed E-state index contributed by atoms with van der Waals surface area (Å²) in [6.45, 7) is 0.0302. The average Bonchev–Trinajstić information content (AvgIpc) is 2.10. The van der Waals surface area contributed by atoms with Crippen molar-refractivity contribution in [3.63, 3.8) is 0 Å². The Kier molecular flexibility index (Phi) is 3.05. The van der Waals surface area contributed by atoms with Gasteiger partial charge in [-0.3, -0.25) is 0 Å². The van der Waals surface area contributed by atoms with Gasteiger partial charge < -0.3 is 15.1 Å². The molecule has 0 saturated carbocycles. The molecule has 1 rings (SSSR count). The maximum atomic E-state index is 12.9. The number of ether oxygens (including phenoxy) is 1. The zero-order chi connectivity index (χ0) is 9.84. The summed E-state index contributed by atoms with van der Waals surface area (Å²) in [5.74, 6) is -0.829. The van der Waals surface area contributed by atoms with Crippen LogP contribution >= 0.6 is 0 Å². The Morgan fingerprint density at radius 2 is 2.23 bits per heavy atom. The highest BCUT2D eigenvalue weighted by atomic mass is 19.1. The fourth-order valence-electron chi connectivity index (χ4n) is 0.968. The Bertz CT molecular complexity index is 304. The molecule has 0 fully saturated rings. The van der Waals surface area contributed by atoms with Gasteiger partial charge in [0.05, 0.1) is 7.11 Å². The molecule has 0 atom stereocenters. The van der Waals surface area contributed by atoms with Crippen molar-refractivity contribution in [3.05, 3.63) is 23.5 Å². The molecule has 0 unspecified atom stereocenters. The molecule has 0 bridgehead atoms. The second kappa shape index (κ2) is 4.06. The van der Waals surface area contributed by atoms with Crippen LogP contribution in [-0.4, -0.2) is 17.4 Å². The van der Waals surface area contributed by atoms with Crippen molar-refractivity contribution in [2.45, 2.75) is 6.54 Å². The molecule has 0 saturated heterocycles. The van der Waals surface area contributed by atoms with Crippen LogP contribution in [0.1, 0.15) is 5.56 Å². The third-order valence-electron chi connectivity index (χ3n) is 1.62. The molecule has 1 aromatic carbocycles. The van der Waals surface area contributed by atoms with E-state index < -0.39 is 5.82 Å². The zero-order valence-electron chi connectivity index (χ0n) is 7.04. The number of hydroxylamine groups is 1. The molecule has 5 heteroatoms. The topological polar surface area (TPSA) is 61.7 Å².